The summed E-state index contributed by atoms with van der Waals surface area (Å²) in [5.74, 6) is -1.12. The summed E-state index contributed by atoms with van der Waals surface area (Å²) < 4.78 is 51.8. The van der Waals surface area contributed by atoms with Gasteiger partial charge in [-0.15, -0.1) is 0 Å². The molecule has 0 aliphatic rings. The Bertz CT molecular complexity index is 702. The third kappa shape index (κ3) is 3.21. The summed E-state index contributed by atoms with van der Waals surface area (Å²) in [6, 6.07) is 7.72. The molecule has 0 aromatic heterocycles. The van der Waals surface area contributed by atoms with Crippen molar-refractivity contribution in [2.45, 2.75) is 4.90 Å². The first-order valence-electron chi connectivity index (χ1n) is 5.12. The van der Waals surface area contributed by atoms with Crippen LogP contribution in [0.3, 0.4) is 0 Å². The summed E-state index contributed by atoms with van der Waals surface area (Å²) in [6.45, 7) is 0. The minimum Gasteiger partial charge on any atom is -0.280 e. The van der Waals surface area contributed by atoms with E-state index in [1.165, 1.54) is 12.1 Å². The topological polar surface area (TPSA) is 46.2 Å². The molecule has 19 heavy (non-hydrogen) atoms. The van der Waals surface area contributed by atoms with Gasteiger partial charge in [0.15, 0.2) is 0 Å². The molecular formula is C12H8ClF2NO2S. The van der Waals surface area contributed by atoms with Gasteiger partial charge < -0.3 is 0 Å². The van der Waals surface area contributed by atoms with Gasteiger partial charge in [-0.05, 0) is 42.5 Å². The normalized spacial score (nSPS) is 11.3. The number of nitrogens with one attached hydrogen (secondary N) is 1. The number of anilines is 1. The van der Waals surface area contributed by atoms with Crippen LogP contribution in [0.1, 0.15) is 0 Å². The number of halogens is 3. The van der Waals surface area contributed by atoms with Crippen molar-refractivity contribution in [3.63, 3.8) is 0 Å². The van der Waals surface area contributed by atoms with Gasteiger partial charge in [0.2, 0.25) is 0 Å². The predicted molar refractivity (Wildman–Crippen MR) is 68.6 cm³/mol. The average Bonchev–Trinajstić information content (AvgIpc) is 2.31. The van der Waals surface area contributed by atoms with E-state index in [1.54, 1.807) is 0 Å². The second-order valence-corrected chi connectivity index (χ2v) is 5.75. The van der Waals surface area contributed by atoms with Crippen LogP contribution < -0.4 is 4.72 Å². The fraction of sp³-hybridized carbons (Fsp3) is 0. The maximum absolute atomic E-state index is 12.9. The Morgan fingerprint density at radius 3 is 2.11 bits per heavy atom. The van der Waals surface area contributed by atoms with Crippen LogP contribution in [-0.2, 0) is 10.0 Å². The molecule has 0 bridgehead atoms. The van der Waals surface area contributed by atoms with Gasteiger partial charge in [-0.2, -0.15) is 0 Å². The predicted octanol–water partition coefficient (Wildman–Crippen LogP) is 3.42. The summed E-state index contributed by atoms with van der Waals surface area (Å²) in [6.07, 6.45) is 0. The lowest BCUT2D eigenvalue weighted by atomic mass is 10.3. The molecular weight excluding hydrogens is 296 g/mol. The fourth-order valence-electron chi connectivity index (χ4n) is 1.42. The lowest BCUT2D eigenvalue weighted by molar-refractivity contribution is 0.599. The van der Waals surface area contributed by atoms with Gasteiger partial charge in [-0.25, -0.2) is 17.2 Å². The quantitative estimate of drug-likeness (QED) is 0.944. The third-order valence-corrected chi connectivity index (χ3v) is 4.14. The van der Waals surface area contributed by atoms with Crippen LogP contribution in [0.5, 0.6) is 0 Å². The zero-order chi connectivity index (χ0) is 14.0. The summed E-state index contributed by atoms with van der Waals surface area (Å²) in [7, 11) is -3.94. The number of rotatable bonds is 3. The molecule has 100 valence electrons. The maximum Gasteiger partial charge on any atom is 0.263 e. The molecule has 0 heterocycles. The highest BCUT2D eigenvalue weighted by Gasteiger charge is 2.18. The van der Waals surface area contributed by atoms with Crippen molar-refractivity contribution in [2.75, 3.05) is 4.72 Å². The van der Waals surface area contributed by atoms with E-state index in [1.807, 2.05) is 0 Å². The Balaban J connectivity index is 2.35. The summed E-state index contributed by atoms with van der Waals surface area (Å²) >= 11 is 5.69. The van der Waals surface area contributed by atoms with Crippen molar-refractivity contribution in [3.8, 4) is 0 Å². The zero-order valence-corrected chi connectivity index (χ0v) is 11.0. The minimum atomic E-state index is -3.94. The monoisotopic (exact) mass is 303 g/mol. The van der Waals surface area contributed by atoms with Crippen LogP contribution in [0.2, 0.25) is 5.02 Å². The summed E-state index contributed by atoms with van der Waals surface area (Å²) in [4.78, 5) is -0.250. The highest BCUT2D eigenvalue weighted by molar-refractivity contribution is 7.92. The van der Waals surface area contributed by atoms with Crippen LogP contribution in [0, 0.1) is 11.6 Å². The van der Waals surface area contributed by atoms with E-state index in [-0.39, 0.29) is 15.6 Å². The largest absolute Gasteiger partial charge is 0.280 e. The van der Waals surface area contributed by atoms with Crippen molar-refractivity contribution in [1.82, 2.24) is 0 Å². The van der Waals surface area contributed by atoms with Crippen LogP contribution in [0.25, 0.3) is 0 Å². The van der Waals surface area contributed by atoms with Gasteiger partial charge in [0.25, 0.3) is 10.0 Å². The first-order valence-corrected chi connectivity index (χ1v) is 6.98. The molecule has 2 aromatic rings. The fourth-order valence-corrected chi connectivity index (χ4v) is 3.01. The Morgan fingerprint density at radius 2 is 1.53 bits per heavy atom. The Morgan fingerprint density at radius 1 is 0.947 bits per heavy atom. The van der Waals surface area contributed by atoms with Gasteiger partial charge in [-0.3, -0.25) is 4.72 Å². The SMILES string of the molecule is O=S(=O)(Nc1ccc(F)cc1)c1ccc(F)cc1Cl. The van der Waals surface area contributed by atoms with Crippen LogP contribution in [0.4, 0.5) is 14.5 Å². The molecule has 0 aliphatic heterocycles. The van der Waals surface area contributed by atoms with Crippen molar-refractivity contribution >= 4 is 27.3 Å². The highest BCUT2D eigenvalue weighted by atomic mass is 35.5. The third-order valence-electron chi connectivity index (χ3n) is 2.28. The van der Waals surface area contributed by atoms with E-state index in [4.69, 9.17) is 11.6 Å². The molecule has 0 spiro atoms. The molecule has 0 fully saturated rings. The zero-order valence-electron chi connectivity index (χ0n) is 9.40. The van der Waals surface area contributed by atoms with E-state index in [0.29, 0.717) is 0 Å². The van der Waals surface area contributed by atoms with Gasteiger partial charge in [0, 0.05) is 5.69 Å². The number of hydrogen-bond acceptors (Lipinski definition) is 2. The smallest absolute Gasteiger partial charge is 0.263 e. The lowest BCUT2D eigenvalue weighted by Crippen LogP contribution is -2.13. The maximum atomic E-state index is 12.9. The van der Waals surface area contributed by atoms with Crippen molar-refractivity contribution in [1.29, 1.82) is 0 Å². The molecule has 0 unspecified atom stereocenters. The van der Waals surface area contributed by atoms with E-state index in [9.17, 15) is 17.2 Å². The average molecular weight is 304 g/mol. The molecule has 0 atom stereocenters. The second-order valence-electron chi connectivity index (χ2n) is 3.69. The first kappa shape index (κ1) is 13.8. The van der Waals surface area contributed by atoms with Gasteiger partial charge in [-0.1, -0.05) is 11.6 Å². The van der Waals surface area contributed by atoms with Gasteiger partial charge >= 0.3 is 0 Å². The summed E-state index contributed by atoms with van der Waals surface area (Å²) in [5, 5.41) is -0.227. The van der Waals surface area contributed by atoms with E-state index >= 15 is 0 Å². The van der Waals surface area contributed by atoms with Gasteiger partial charge in [0.05, 0.1) is 5.02 Å². The van der Waals surface area contributed by atoms with E-state index in [2.05, 4.69) is 4.72 Å². The van der Waals surface area contributed by atoms with Crippen LogP contribution in [-0.4, -0.2) is 8.42 Å². The Labute approximate surface area is 113 Å². The molecule has 2 rings (SSSR count). The number of hydrogen-bond donors (Lipinski definition) is 1. The molecule has 1 N–H and O–H groups in total. The van der Waals surface area contributed by atoms with Crippen molar-refractivity contribution in [2.24, 2.45) is 0 Å². The van der Waals surface area contributed by atoms with Gasteiger partial charge in [0.1, 0.15) is 16.5 Å². The molecule has 0 saturated heterocycles. The van der Waals surface area contributed by atoms with E-state index in [0.717, 1.165) is 30.3 Å². The van der Waals surface area contributed by atoms with Crippen molar-refractivity contribution < 1.29 is 17.2 Å². The Kier molecular flexibility index (Phi) is 3.73. The molecule has 7 heteroatoms. The molecule has 0 radical (unpaired) electrons. The molecule has 2 aromatic carbocycles. The van der Waals surface area contributed by atoms with Crippen LogP contribution >= 0.6 is 11.6 Å². The Hall–Kier alpha value is -1.66. The summed E-state index contributed by atoms with van der Waals surface area (Å²) in [5.41, 5.74) is 0.182. The minimum absolute atomic E-state index is 0.182. The van der Waals surface area contributed by atoms with Crippen molar-refractivity contribution in [3.05, 3.63) is 59.1 Å². The lowest BCUT2D eigenvalue weighted by Gasteiger charge is -2.09. The first-order chi connectivity index (χ1) is 8.88. The standard InChI is InChI=1S/C12H8ClF2NO2S/c13-11-7-9(15)3-6-12(11)19(17,18)16-10-4-1-8(14)2-5-10/h1-7,16H. The van der Waals surface area contributed by atoms with Crippen LogP contribution in [0.15, 0.2) is 47.4 Å². The molecule has 0 amide bonds. The molecule has 0 saturated carbocycles. The molecule has 3 nitrogen and oxygen atoms in total. The number of sulfonamides is 1. The second kappa shape index (κ2) is 5.14. The van der Waals surface area contributed by atoms with E-state index < -0.39 is 21.7 Å². The molecule has 0 aliphatic carbocycles. The number of benzene rings is 2. The highest BCUT2D eigenvalue weighted by Crippen LogP contribution is 2.24.